The van der Waals surface area contributed by atoms with Gasteiger partial charge in [-0.3, -0.25) is 4.79 Å². The van der Waals surface area contributed by atoms with Crippen molar-refractivity contribution in [3.8, 4) is 11.5 Å². The van der Waals surface area contributed by atoms with Crippen LogP contribution in [0, 0.1) is 0 Å². The van der Waals surface area contributed by atoms with Gasteiger partial charge in [-0.15, -0.1) is 13.2 Å². The Bertz CT molecular complexity index is 614. The molecule has 0 atom stereocenters. The number of carbonyl (C=O) groups excluding carboxylic acids is 1. The van der Waals surface area contributed by atoms with Crippen LogP contribution in [0.4, 0.5) is 13.2 Å². The summed E-state index contributed by atoms with van der Waals surface area (Å²) in [7, 11) is 0. The van der Waals surface area contributed by atoms with Crippen molar-refractivity contribution in [3.05, 3.63) is 60.2 Å². The van der Waals surface area contributed by atoms with Crippen LogP contribution in [0.1, 0.15) is 10.4 Å². The second kappa shape index (κ2) is 6.17. The van der Waals surface area contributed by atoms with Crippen molar-refractivity contribution in [3.63, 3.8) is 0 Å². The number of amides is 1. The fourth-order valence-electron chi connectivity index (χ4n) is 1.49. The molecule has 1 N–H and O–H groups in total. The van der Waals surface area contributed by atoms with Gasteiger partial charge in [-0.2, -0.15) is 5.48 Å². The second-order valence-corrected chi connectivity index (χ2v) is 3.92. The lowest BCUT2D eigenvalue weighted by atomic mass is 10.2. The van der Waals surface area contributed by atoms with E-state index in [4.69, 9.17) is 4.84 Å². The summed E-state index contributed by atoms with van der Waals surface area (Å²) in [6.45, 7) is 0. The molecule has 21 heavy (non-hydrogen) atoms. The summed E-state index contributed by atoms with van der Waals surface area (Å²) in [4.78, 5) is 16.8. The summed E-state index contributed by atoms with van der Waals surface area (Å²) in [6.07, 6.45) is -4.81. The van der Waals surface area contributed by atoms with Crippen molar-refractivity contribution < 1.29 is 27.5 Å². The van der Waals surface area contributed by atoms with Gasteiger partial charge in [0.25, 0.3) is 5.91 Å². The van der Waals surface area contributed by atoms with Crippen LogP contribution < -0.4 is 15.1 Å². The third kappa shape index (κ3) is 4.72. The van der Waals surface area contributed by atoms with E-state index in [9.17, 15) is 18.0 Å². The summed E-state index contributed by atoms with van der Waals surface area (Å²) in [6, 6.07) is 13.1. The Morgan fingerprint density at radius 1 is 0.952 bits per heavy atom. The minimum absolute atomic E-state index is 0.0207. The van der Waals surface area contributed by atoms with Gasteiger partial charge in [0.05, 0.1) is 0 Å². The van der Waals surface area contributed by atoms with E-state index < -0.39 is 18.0 Å². The van der Waals surface area contributed by atoms with Crippen molar-refractivity contribution in [1.82, 2.24) is 5.48 Å². The smallest absolute Gasteiger partial charge is 0.406 e. The van der Waals surface area contributed by atoms with Crippen LogP contribution in [0.15, 0.2) is 54.6 Å². The number of alkyl halides is 3. The van der Waals surface area contributed by atoms with E-state index >= 15 is 0 Å². The molecule has 1 amide bonds. The monoisotopic (exact) mass is 297 g/mol. The predicted molar refractivity (Wildman–Crippen MR) is 67.7 cm³/mol. The molecule has 4 nitrogen and oxygen atoms in total. The van der Waals surface area contributed by atoms with Crippen LogP contribution in [-0.4, -0.2) is 12.3 Å². The molecule has 0 heterocycles. The lowest BCUT2D eigenvalue weighted by molar-refractivity contribution is -0.274. The van der Waals surface area contributed by atoms with Gasteiger partial charge in [-0.1, -0.05) is 24.3 Å². The molecule has 0 aliphatic rings. The quantitative estimate of drug-likeness (QED) is 0.881. The highest BCUT2D eigenvalue weighted by atomic mass is 19.4. The SMILES string of the molecule is O=C(NOc1ccccc1)c1cccc(OC(F)(F)F)c1. The third-order valence-corrected chi connectivity index (χ3v) is 2.33. The van der Waals surface area contributed by atoms with E-state index in [1.54, 1.807) is 30.3 Å². The van der Waals surface area contributed by atoms with E-state index in [-0.39, 0.29) is 5.56 Å². The third-order valence-electron chi connectivity index (χ3n) is 2.33. The first kappa shape index (κ1) is 14.7. The summed E-state index contributed by atoms with van der Waals surface area (Å²) in [5.74, 6) is -0.769. The normalized spacial score (nSPS) is 10.8. The van der Waals surface area contributed by atoms with Gasteiger partial charge < -0.3 is 9.57 Å². The first-order chi connectivity index (χ1) is 9.94. The van der Waals surface area contributed by atoms with Crippen molar-refractivity contribution in [2.75, 3.05) is 0 Å². The average molecular weight is 297 g/mol. The largest absolute Gasteiger partial charge is 0.573 e. The van der Waals surface area contributed by atoms with Crippen LogP contribution in [0.25, 0.3) is 0 Å². The Morgan fingerprint density at radius 2 is 1.62 bits per heavy atom. The highest BCUT2D eigenvalue weighted by Crippen LogP contribution is 2.23. The first-order valence-electron chi connectivity index (χ1n) is 5.82. The molecule has 2 rings (SSSR count). The maximum Gasteiger partial charge on any atom is 0.573 e. The van der Waals surface area contributed by atoms with Gasteiger partial charge in [0.15, 0.2) is 5.75 Å². The molecule has 0 spiro atoms. The molecule has 0 aliphatic heterocycles. The molecule has 7 heteroatoms. The van der Waals surface area contributed by atoms with E-state index in [1.807, 2.05) is 0 Å². The van der Waals surface area contributed by atoms with Gasteiger partial charge in [-0.25, -0.2) is 0 Å². The van der Waals surface area contributed by atoms with E-state index in [0.29, 0.717) is 5.75 Å². The first-order valence-corrected chi connectivity index (χ1v) is 5.82. The Hall–Kier alpha value is -2.70. The molecule has 2 aromatic carbocycles. The molecule has 0 aliphatic carbocycles. The molecular formula is C14H10F3NO3. The highest BCUT2D eigenvalue weighted by molar-refractivity contribution is 5.93. The second-order valence-electron chi connectivity index (χ2n) is 3.92. The summed E-state index contributed by atoms with van der Waals surface area (Å²) in [5.41, 5.74) is 2.11. The Kier molecular flexibility index (Phi) is 4.32. The number of halogens is 3. The lowest BCUT2D eigenvalue weighted by Crippen LogP contribution is -2.27. The van der Waals surface area contributed by atoms with Crippen LogP contribution in [0.5, 0.6) is 11.5 Å². The molecule has 0 saturated carbocycles. The van der Waals surface area contributed by atoms with Crippen LogP contribution >= 0.6 is 0 Å². The van der Waals surface area contributed by atoms with Crippen LogP contribution in [0.3, 0.4) is 0 Å². The minimum Gasteiger partial charge on any atom is -0.406 e. The molecule has 110 valence electrons. The van der Waals surface area contributed by atoms with E-state index in [2.05, 4.69) is 10.2 Å². The van der Waals surface area contributed by atoms with Gasteiger partial charge >= 0.3 is 6.36 Å². The number of hydrogen-bond acceptors (Lipinski definition) is 3. The van der Waals surface area contributed by atoms with Crippen molar-refractivity contribution in [2.45, 2.75) is 6.36 Å². The van der Waals surface area contributed by atoms with Crippen LogP contribution in [-0.2, 0) is 0 Å². The predicted octanol–water partition coefficient (Wildman–Crippen LogP) is 3.31. The molecule has 0 fully saturated rings. The number of rotatable bonds is 4. The zero-order chi connectivity index (χ0) is 15.3. The Balaban J connectivity index is 2.01. The molecule has 0 radical (unpaired) electrons. The maximum absolute atomic E-state index is 12.1. The standard InChI is InChI=1S/C14H10F3NO3/c15-14(16,17)20-12-8-4-5-10(9-12)13(19)18-21-11-6-2-1-3-7-11/h1-9H,(H,18,19). The number of hydroxylamine groups is 1. The molecule has 0 unspecified atom stereocenters. The number of benzene rings is 2. The van der Waals surface area contributed by atoms with Gasteiger partial charge in [0, 0.05) is 5.56 Å². The fourth-order valence-corrected chi connectivity index (χ4v) is 1.49. The summed E-state index contributed by atoms with van der Waals surface area (Å²) < 4.78 is 40.0. The van der Waals surface area contributed by atoms with Crippen molar-refractivity contribution >= 4 is 5.91 Å². The fraction of sp³-hybridized carbons (Fsp3) is 0.0714. The van der Waals surface area contributed by atoms with Gasteiger partial charge in [0.1, 0.15) is 5.75 Å². The number of carbonyl (C=O) groups is 1. The number of ether oxygens (including phenoxy) is 1. The zero-order valence-corrected chi connectivity index (χ0v) is 10.6. The average Bonchev–Trinajstić information content (AvgIpc) is 2.44. The van der Waals surface area contributed by atoms with Crippen LogP contribution in [0.2, 0.25) is 0 Å². The van der Waals surface area contributed by atoms with Crippen molar-refractivity contribution in [2.24, 2.45) is 0 Å². The number of nitrogens with one attached hydrogen (secondary N) is 1. The number of hydrogen-bond donors (Lipinski definition) is 1. The lowest BCUT2D eigenvalue weighted by Gasteiger charge is -2.10. The molecular weight excluding hydrogens is 287 g/mol. The highest BCUT2D eigenvalue weighted by Gasteiger charge is 2.31. The molecule has 0 aromatic heterocycles. The van der Waals surface area contributed by atoms with Gasteiger partial charge in [0.2, 0.25) is 0 Å². The topological polar surface area (TPSA) is 47.6 Å². The molecule has 0 saturated heterocycles. The van der Waals surface area contributed by atoms with Gasteiger partial charge in [-0.05, 0) is 30.3 Å². The minimum atomic E-state index is -4.81. The Labute approximate surface area is 118 Å². The van der Waals surface area contributed by atoms with E-state index in [1.165, 1.54) is 12.1 Å². The number of para-hydroxylation sites is 1. The summed E-state index contributed by atoms with van der Waals surface area (Å²) >= 11 is 0. The zero-order valence-electron chi connectivity index (χ0n) is 10.6. The van der Waals surface area contributed by atoms with E-state index in [0.717, 1.165) is 12.1 Å². The summed E-state index contributed by atoms with van der Waals surface area (Å²) in [5, 5.41) is 0. The molecule has 0 bridgehead atoms. The Morgan fingerprint density at radius 3 is 2.29 bits per heavy atom. The van der Waals surface area contributed by atoms with Crippen molar-refractivity contribution in [1.29, 1.82) is 0 Å². The molecule has 2 aromatic rings. The maximum atomic E-state index is 12.1.